The second kappa shape index (κ2) is 4.20. The van der Waals surface area contributed by atoms with Crippen LogP contribution in [0.1, 0.15) is 42.5 Å². The average molecular weight is 211 g/mol. The molecule has 1 atom stereocenters. The van der Waals surface area contributed by atoms with Gasteiger partial charge in [-0.15, -0.1) is 5.10 Å². The van der Waals surface area contributed by atoms with E-state index >= 15 is 0 Å². The maximum Gasteiger partial charge on any atom is 0.328 e. The molecule has 0 amide bonds. The summed E-state index contributed by atoms with van der Waals surface area (Å²) in [6, 6.07) is -0.759. The number of Topliss-reactive ketones (excluding diaryl/α,β-unsaturated/α-hetero) is 1. The molecule has 1 heterocycles. The molecular formula is C9H13N3O3. The summed E-state index contributed by atoms with van der Waals surface area (Å²) in [5, 5.41) is 16.3. The molecular weight excluding hydrogens is 198 g/mol. The fraction of sp³-hybridized carbons (Fsp3) is 0.556. The highest BCUT2D eigenvalue weighted by Crippen LogP contribution is 2.15. The number of hydrogen-bond donors (Lipinski definition) is 1. The molecule has 0 saturated carbocycles. The van der Waals surface area contributed by atoms with Gasteiger partial charge in [0.1, 0.15) is 0 Å². The Kier molecular flexibility index (Phi) is 3.18. The summed E-state index contributed by atoms with van der Waals surface area (Å²) in [6.45, 7) is 4.76. The molecule has 6 heteroatoms. The Morgan fingerprint density at radius 1 is 1.53 bits per heavy atom. The number of aliphatic carboxylic acids is 1. The van der Waals surface area contributed by atoms with Crippen LogP contribution in [0.15, 0.2) is 0 Å². The third-order valence-corrected chi connectivity index (χ3v) is 2.23. The van der Waals surface area contributed by atoms with Crippen LogP contribution in [0.5, 0.6) is 0 Å². The van der Waals surface area contributed by atoms with Crippen molar-refractivity contribution in [3.8, 4) is 0 Å². The minimum atomic E-state index is -0.972. The van der Waals surface area contributed by atoms with E-state index in [9.17, 15) is 9.59 Å². The molecule has 0 saturated heterocycles. The summed E-state index contributed by atoms with van der Waals surface area (Å²) >= 11 is 0. The van der Waals surface area contributed by atoms with Gasteiger partial charge in [-0.05, 0) is 13.3 Å². The molecule has 0 aliphatic rings. The van der Waals surface area contributed by atoms with Crippen LogP contribution in [-0.4, -0.2) is 31.9 Å². The highest BCUT2D eigenvalue weighted by molar-refractivity contribution is 5.93. The van der Waals surface area contributed by atoms with Crippen molar-refractivity contribution in [3.63, 3.8) is 0 Å². The van der Waals surface area contributed by atoms with E-state index in [0.29, 0.717) is 12.1 Å². The van der Waals surface area contributed by atoms with Crippen molar-refractivity contribution in [2.75, 3.05) is 0 Å². The highest BCUT2D eigenvalue weighted by Gasteiger charge is 2.23. The average Bonchev–Trinajstić information content (AvgIpc) is 2.49. The van der Waals surface area contributed by atoms with Gasteiger partial charge in [0.25, 0.3) is 0 Å². The van der Waals surface area contributed by atoms with Crippen molar-refractivity contribution in [1.29, 1.82) is 0 Å². The molecule has 15 heavy (non-hydrogen) atoms. The van der Waals surface area contributed by atoms with E-state index in [1.54, 1.807) is 13.8 Å². The Morgan fingerprint density at radius 2 is 2.13 bits per heavy atom. The Labute approximate surface area is 86.9 Å². The van der Waals surface area contributed by atoms with Gasteiger partial charge < -0.3 is 5.11 Å². The molecule has 0 aromatic carbocycles. The second-order valence-electron chi connectivity index (χ2n) is 3.29. The van der Waals surface area contributed by atoms with Gasteiger partial charge >= 0.3 is 5.97 Å². The molecule has 1 rings (SSSR count). The first-order valence-corrected chi connectivity index (χ1v) is 4.64. The molecule has 0 spiro atoms. The lowest BCUT2D eigenvalue weighted by Crippen LogP contribution is -2.20. The zero-order chi connectivity index (χ0) is 11.6. The summed E-state index contributed by atoms with van der Waals surface area (Å²) < 4.78 is 1.28. The van der Waals surface area contributed by atoms with E-state index < -0.39 is 12.0 Å². The van der Waals surface area contributed by atoms with E-state index in [2.05, 4.69) is 10.3 Å². The first-order valence-electron chi connectivity index (χ1n) is 4.64. The van der Waals surface area contributed by atoms with Crippen LogP contribution >= 0.6 is 0 Å². The van der Waals surface area contributed by atoms with Crippen LogP contribution in [0.3, 0.4) is 0 Å². The van der Waals surface area contributed by atoms with Gasteiger partial charge in [-0.3, -0.25) is 4.79 Å². The number of carbonyl (C=O) groups excluding carboxylic acids is 1. The van der Waals surface area contributed by atoms with Crippen LogP contribution < -0.4 is 0 Å². The lowest BCUT2D eigenvalue weighted by Gasteiger charge is -2.10. The first kappa shape index (κ1) is 11.4. The molecule has 1 unspecified atom stereocenters. The van der Waals surface area contributed by atoms with Gasteiger partial charge in [0.2, 0.25) is 0 Å². The fourth-order valence-corrected chi connectivity index (χ4v) is 1.41. The summed E-state index contributed by atoms with van der Waals surface area (Å²) in [6.07, 6.45) is 0.400. The predicted octanol–water partition coefficient (Wildman–Crippen LogP) is 0.825. The normalized spacial score (nSPS) is 12.5. The van der Waals surface area contributed by atoms with Crippen LogP contribution in [0.4, 0.5) is 0 Å². The molecule has 82 valence electrons. The van der Waals surface area contributed by atoms with Crippen molar-refractivity contribution < 1.29 is 14.7 Å². The molecule has 1 aromatic rings. The largest absolute Gasteiger partial charge is 0.480 e. The number of nitrogens with zero attached hydrogens (tertiary/aromatic N) is 3. The first-order chi connectivity index (χ1) is 6.99. The number of carboxylic acids is 1. The number of ketones is 1. The van der Waals surface area contributed by atoms with Crippen LogP contribution in [0.25, 0.3) is 0 Å². The summed E-state index contributed by atoms with van der Waals surface area (Å²) in [5.41, 5.74) is 0.728. The lowest BCUT2D eigenvalue weighted by molar-refractivity contribution is -0.141. The van der Waals surface area contributed by atoms with Crippen molar-refractivity contribution >= 4 is 11.8 Å². The van der Waals surface area contributed by atoms with Gasteiger partial charge in [-0.2, -0.15) is 0 Å². The number of rotatable bonds is 4. The minimum Gasteiger partial charge on any atom is -0.480 e. The zero-order valence-corrected chi connectivity index (χ0v) is 8.89. The van der Waals surface area contributed by atoms with E-state index in [-0.39, 0.29) is 11.5 Å². The number of carbonyl (C=O) groups is 2. The topological polar surface area (TPSA) is 85.1 Å². The number of aromatic nitrogens is 3. The molecule has 1 N–H and O–H groups in total. The Bertz CT molecular complexity index is 397. The van der Waals surface area contributed by atoms with Gasteiger partial charge in [-0.1, -0.05) is 12.1 Å². The quantitative estimate of drug-likeness (QED) is 0.745. The van der Waals surface area contributed by atoms with E-state index in [0.717, 1.165) is 0 Å². The SMILES string of the molecule is CCC(C(=O)O)n1nnc(C(C)=O)c1C. The van der Waals surface area contributed by atoms with Crippen LogP contribution in [0.2, 0.25) is 0 Å². The van der Waals surface area contributed by atoms with Gasteiger partial charge in [0, 0.05) is 6.92 Å². The van der Waals surface area contributed by atoms with Crippen LogP contribution in [-0.2, 0) is 4.79 Å². The summed E-state index contributed by atoms with van der Waals surface area (Å²) in [4.78, 5) is 22.0. The molecule has 0 aliphatic carbocycles. The Morgan fingerprint density at radius 3 is 2.47 bits per heavy atom. The second-order valence-corrected chi connectivity index (χ2v) is 3.29. The molecule has 0 aliphatic heterocycles. The molecule has 6 nitrogen and oxygen atoms in total. The molecule has 1 aromatic heterocycles. The van der Waals surface area contributed by atoms with Gasteiger partial charge in [-0.25, -0.2) is 9.48 Å². The highest BCUT2D eigenvalue weighted by atomic mass is 16.4. The van der Waals surface area contributed by atoms with Crippen molar-refractivity contribution in [3.05, 3.63) is 11.4 Å². The van der Waals surface area contributed by atoms with Crippen molar-refractivity contribution in [2.45, 2.75) is 33.2 Å². The van der Waals surface area contributed by atoms with Gasteiger partial charge in [0.05, 0.1) is 5.69 Å². The Balaban J connectivity index is 3.15. The number of carboxylic acid groups (broad SMARTS) is 1. The minimum absolute atomic E-state index is 0.209. The van der Waals surface area contributed by atoms with E-state index in [1.165, 1.54) is 11.6 Å². The van der Waals surface area contributed by atoms with E-state index in [1.807, 2.05) is 0 Å². The number of hydrogen-bond acceptors (Lipinski definition) is 4. The monoisotopic (exact) mass is 211 g/mol. The van der Waals surface area contributed by atoms with Crippen molar-refractivity contribution in [1.82, 2.24) is 15.0 Å². The zero-order valence-electron chi connectivity index (χ0n) is 8.89. The van der Waals surface area contributed by atoms with Gasteiger partial charge in [0.15, 0.2) is 17.5 Å². The Hall–Kier alpha value is -1.72. The maximum absolute atomic E-state index is 11.1. The maximum atomic E-state index is 11.1. The predicted molar refractivity (Wildman–Crippen MR) is 51.7 cm³/mol. The lowest BCUT2D eigenvalue weighted by atomic mass is 10.2. The third-order valence-electron chi connectivity index (χ3n) is 2.23. The fourth-order valence-electron chi connectivity index (χ4n) is 1.41. The summed E-state index contributed by atoms with van der Waals surface area (Å²) in [7, 11) is 0. The standard InChI is InChI=1S/C9H13N3O3/c1-4-7(9(14)15)12-5(2)8(6(3)13)10-11-12/h7H,4H2,1-3H3,(H,14,15). The molecule has 0 bridgehead atoms. The smallest absolute Gasteiger partial charge is 0.328 e. The van der Waals surface area contributed by atoms with E-state index in [4.69, 9.17) is 5.11 Å². The molecule has 0 fully saturated rings. The summed E-state index contributed by atoms with van der Waals surface area (Å²) in [5.74, 6) is -1.18. The van der Waals surface area contributed by atoms with Crippen LogP contribution in [0, 0.1) is 6.92 Å². The molecule has 0 radical (unpaired) electrons. The third kappa shape index (κ3) is 2.03. The van der Waals surface area contributed by atoms with Crippen molar-refractivity contribution in [2.24, 2.45) is 0 Å².